The third kappa shape index (κ3) is 2.72. The number of fused-ring (bicyclic) bond motifs is 2. The second-order valence-electron chi connectivity index (χ2n) is 5.97. The molecule has 0 fully saturated rings. The first-order valence-corrected chi connectivity index (χ1v) is 7.93. The van der Waals surface area contributed by atoms with E-state index in [0.717, 1.165) is 22.5 Å². The van der Waals surface area contributed by atoms with Crippen LogP contribution < -0.4 is 10.6 Å². The summed E-state index contributed by atoms with van der Waals surface area (Å²) in [5, 5.41) is 15.8. The molecule has 0 unspecified atom stereocenters. The summed E-state index contributed by atoms with van der Waals surface area (Å²) in [4.78, 5) is 16.6. The maximum absolute atomic E-state index is 12.2. The molecule has 2 heterocycles. The molecule has 1 aliphatic carbocycles. The number of hydrogen-bond donors (Lipinski definition) is 3. The van der Waals surface area contributed by atoms with Crippen LogP contribution in [0.25, 0.3) is 5.65 Å². The van der Waals surface area contributed by atoms with Crippen LogP contribution in [0, 0.1) is 0 Å². The van der Waals surface area contributed by atoms with E-state index in [2.05, 4.69) is 15.6 Å². The minimum atomic E-state index is -0.594. The first-order valence-electron chi connectivity index (χ1n) is 7.93. The molecule has 0 bridgehead atoms. The Kier molecular flexibility index (Phi) is 3.66. The number of aliphatic hydroxyl groups excluding tert-OH is 1. The number of amides is 2. The van der Waals surface area contributed by atoms with Crippen LogP contribution >= 0.6 is 0 Å². The van der Waals surface area contributed by atoms with Gasteiger partial charge in [0.05, 0.1) is 24.4 Å². The first kappa shape index (κ1) is 14.7. The average molecular weight is 322 g/mol. The van der Waals surface area contributed by atoms with Crippen molar-refractivity contribution in [2.24, 2.45) is 0 Å². The summed E-state index contributed by atoms with van der Waals surface area (Å²) in [5.74, 6) is 0. The van der Waals surface area contributed by atoms with Gasteiger partial charge < -0.3 is 20.1 Å². The molecule has 3 aromatic rings. The zero-order valence-corrected chi connectivity index (χ0v) is 13.0. The van der Waals surface area contributed by atoms with Crippen molar-refractivity contribution in [2.45, 2.75) is 25.1 Å². The van der Waals surface area contributed by atoms with Crippen LogP contribution in [-0.2, 0) is 13.0 Å². The Morgan fingerprint density at radius 2 is 2.08 bits per heavy atom. The summed E-state index contributed by atoms with van der Waals surface area (Å²) in [7, 11) is 0. The summed E-state index contributed by atoms with van der Waals surface area (Å²) >= 11 is 0. The summed E-state index contributed by atoms with van der Waals surface area (Å²) in [6.45, 7) is 0.331. The maximum Gasteiger partial charge on any atom is 0.315 e. The van der Waals surface area contributed by atoms with Crippen LogP contribution in [0.15, 0.2) is 54.9 Å². The quantitative estimate of drug-likeness (QED) is 0.688. The van der Waals surface area contributed by atoms with Gasteiger partial charge in [-0.05, 0) is 23.3 Å². The van der Waals surface area contributed by atoms with Gasteiger partial charge in [0, 0.05) is 18.8 Å². The number of carbonyl (C=O) groups excluding carboxylic acids is 1. The molecule has 6 nitrogen and oxygen atoms in total. The highest BCUT2D eigenvalue weighted by Crippen LogP contribution is 2.30. The summed E-state index contributed by atoms with van der Waals surface area (Å²) in [6, 6.07) is 12.9. The fourth-order valence-corrected chi connectivity index (χ4v) is 3.18. The van der Waals surface area contributed by atoms with E-state index in [-0.39, 0.29) is 12.1 Å². The molecule has 0 radical (unpaired) electrons. The molecule has 0 saturated carbocycles. The van der Waals surface area contributed by atoms with Crippen LogP contribution in [-0.4, -0.2) is 26.6 Å². The van der Waals surface area contributed by atoms with Crippen LogP contribution in [0.5, 0.6) is 0 Å². The van der Waals surface area contributed by atoms with Crippen LogP contribution in [0.1, 0.15) is 22.9 Å². The Balaban J connectivity index is 1.40. The lowest BCUT2D eigenvalue weighted by Gasteiger charge is -2.18. The van der Waals surface area contributed by atoms with E-state index in [1.807, 2.05) is 59.3 Å². The van der Waals surface area contributed by atoms with Crippen molar-refractivity contribution in [1.82, 2.24) is 20.0 Å². The third-order valence-electron chi connectivity index (χ3n) is 4.33. The number of hydrogen-bond acceptors (Lipinski definition) is 3. The molecule has 1 aliphatic rings. The van der Waals surface area contributed by atoms with Crippen molar-refractivity contribution in [3.05, 3.63) is 71.7 Å². The molecule has 1 aromatic carbocycles. The summed E-state index contributed by atoms with van der Waals surface area (Å²) < 4.78 is 1.91. The van der Waals surface area contributed by atoms with Gasteiger partial charge in [0.15, 0.2) is 0 Å². The number of carbonyl (C=O) groups is 1. The lowest BCUT2D eigenvalue weighted by atomic mass is 10.1. The smallest absolute Gasteiger partial charge is 0.315 e. The van der Waals surface area contributed by atoms with E-state index in [4.69, 9.17) is 0 Å². The summed E-state index contributed by atoms with van der Waals surface area (Å²) in [6.07, 6.45) is 3.77. The maximum atomic E-state index is 12.2. The monoisotopic (exact) mass is 322 g/mol. The third-order valence-corrected chi connectivity index (χ3v) is 4.33. The highest BCUT2D eigenvalue weighted by Gasteiger charge is 2.31. The number of benzene rings is 1. The van der Waals surface area contributed by atoms with E-state index in [1.54, 1.807) is 0 Å². The van der Waals surface area contributed by atoms with E-state index in [0.29, 0.717) is 13.0 Å². The Hall–Kier alpha value is -2.86. The molecule has 24 heavy (non-hydrogen) atoms. The molecule has 0 saturated heterocycles. The van der Waals surface area contributed by atoms with Gasteiger partial charge in [-0.2, -0.15) is 0 Å². The van der Waals surface area contributed by atoms with Gasteiger partial charge in [0.1, 0.15) is 5.65 Å². The van der Waals surface area contributed by atoms with Gasteiger partial charge >= 0.3 is 6.03 Å². The highest BCUT2D eigenvalue weighted by atomic mass is 16.3. The minimum absolute atomic E-state index is 0.312. The number of imidazole rings is 1. The molecule has 2 aromatic heterocycles. The average Bonchev–Trinajstić information content (AvgIpc) is 3.14. The van der Waals surface area contributed by atoms with Gasteiger partial charge in [-0.3, -0.25) is 0 Å². The summed E-state index contributed by atoms with van der Waals surface area (Å²) in [5.41, 5.74) is 3.68. The van der Waals surface area contributed by atoms with Crippen molar-refractivity contribution in [3.63, 3.8) is 0 Å². The van der Waals surface area contributed by atoms with Gasteiger partial charge in [-0.25, -0.2) is 9.78 Å². The molecule has 2 amide bonds. The minimum Gasteiger partial charge on any atom is -0.390 e. The number of rotatable bonds is 3. The van der Waals surface area contributed by atoms with E-state index >= 15 is 0 Å². The number of urea groups is 1. The fraction of sp³-hybridized carbons (Fsp3) is 0.222. The van der Waals surface area contributed by atoms with Crippen molar-refractivity contribution in [3.8, 4) is 0 Å². The molecule has 122 valence electrons. The number of aliphatic hydroxyl groups is 1. The lowest BCUT2D eigenvalue weighted by Crippen LogP contribution is -2.40. The lowest BCUT2D eigenvalue weighted by molar-refractivity contribution is 0.142. The molecule has 3 N–H and O–H groups in total. The van der Waals surface area contributed by atoms with Crippen LogP contribution in [0.4, 0.5) is 4.79 Å². The zero-order chi connectivity index (χ0) is 16.5. The van der Waals surface area contributed by atoms with E-state index < -0.39 is 6.10 Å². The second-order valence-corrected chi connectivity index (χ2v) is 5.97. The second kappa shape index (κ2) is 5.98. The Morgan fingerprint density at radius 3 is 2.96 bits per heavy atom. The highest BCUT2D eigenvalue weighted by molar-refractivity contribution is 5.74. The largest absolute Gasteiger partial charge is 0.390 e. The molecule has 4 rings (SSSR count). The molecular weight excluding hydrogens is 304 g/mol. The van der Waals surface area contributed by atoms with Crippen LogP contribution in [0.2, 0.25) is 0 Å². The van der Waals surface area contributed by atoms with E-state index in [1.165, 1.54) is 0 Å². The number of nitrogens with one attached hydrogen (secondary N) is 2. The van der Waals surface area contributed by atoms with Gasteiger partial charge in [-0.15, -0.1) is 0 Å². The predicted molar refractivity (Wildman–Crippen MR) is 89.5 cm³/mol. The van der Waals surface area contributed by atoms with E-state index in [9.17, 15) is 9.90 Å². The van der Waals surface area contributed by atoms with Gasteiger partial charge in [0.25, 0.3) is 0 Å². The number of nitrogens with zero attached hydrogens (tertiary/aromatic N) is 2. The first-order chi connectivity index (χ1) is 11.7. The number of pyridine rings is 1. The Bertz CT molecular complexity index is 856. The molecule has 2 atom stereocenters. The van der Waals surface area contributed by atoms with Crippen molar-refractivity contribution in [2.75, 3.05) is 0 Å². The SMILES string of the molecule is O=C(NCc1cn2ccccc2n1)N[C@H]1c2ccccc2C[C@H]1O. The predicted octanol–water partition coefficient (Wildman–Crippen LogP) is 1.79. The van der Waals surface area contributed by atoms with Crippen molar-refractivity contribution >= 4 is 11.7 Å². The Labute approximate surface area is 139 Å². The standard InChI is InChI=1S/C18H18N4O2/c23-15-9-12-5-1-2-6-14(12)17(15)21-18(24)19-10-13-11-22-8-4-3-7-16(22)20-13/h1-8,11,15,17,23H,9-10H2,(H2,19,21,24)/t15-,17+/m1/s1. The number of aromatic nitrogens is 2. The molecular formula is C18H18N4O2. The Morgan fingerprint density at radius 1 is 1.25 bits per heavy atom. The molecule has 0 aliphatic heterocycles. The molecule has 6 heteroatoms. The topological polar surface area (TPSA) is 78.7 Å². The van der Waals surface area contributed by atoms with Crippen molar-refractivity contribution < 1.29 is 9.90 Å². The van der Waals surface area contributed by atoms with Gasteiger partial charge in [-0.1, -0.05) is 30.3 Å². The normalized spacial score (nSPS) is 19.2. The zero-order valence-electron chi connectivity index (χ0n) is 13.0. The van der Waals surface area contributed by atoms with Crippen LogP contribution in [0.3, 0.4) is 0 Å². The van der Waals surface area contributed by atoms with Crippen molar-refractivity contribution in [1.29, 1.82) is 0 Å². The molecule has 0 spiro atoms. The van der Waals surface area contributed by atoms with Gasteiger partial charge in [0.2, 0.25) is 0 Å². The fourth-order valence-electron chi connectivity index (χ4n) is 3.18.